The van der Waals surface area contributed by atoms with Crippen molar-refractivity contribution in [3.63, 3.8) is 0 Å². The van der Waals surface area contributed by atoms with Gasteiger partial charge in [0.25, 0.3) is 0 Å². The average molecular weight is 410 g/mol. The fraction of sp³-hybridized carbons (Fsp3) is 0.286. The van der Waals surface area contributed by atoms with Crippen LogP contribution in [0.3, 0.4) is 0 Å². The molecule has 1 amide bonds. The smallest absolute Gasteiger partial charge is 0.217 e. The van der Waals surface area contributed by atoms with Crippen LogP contribution in [0.5, 0.6) is 0 Å². The van der Waals surface area contributed by atoms with Crippen LogP contribution in [0.2, 0.25) is 0 Å². The highest BCUT2D eigenvalue weighted by Gasteiger charge is 2.28. The summed E-state index contributed by atoms with van der Waals surface area (Å²) in [6, 6.07) is 8.19. The molecule has 0 radical (unpaired) electrons. The minimum absolute atomic E-state index is 0.0618. The Morgan fingerprint density at radius 1 is 1.45 bits per heavy atom. The van der Waals surface area contributed by atoms with Gasteiger partial charge in [0, 0.05) is 35.9 Å². The van der Waals surface area contributed by atoms with Gasteiger partial charge in [-0.2, -0.15) is 5.10 Å². The second-order valence-electron chi connectivity index (χ2n) is 7.03. The van der Waals surface area contributed by atoms with Crippen molar-refractivity contribution in [1.29, 1.82) is 0 Å². The molecule has 2 aromatic heterocycles. The zero-order chi connectivity index (χ0) is 20.4. The third-order valence-corrected chi connectivity index (χ3v) is 5.68. The lowest BCUT2D eigenvalue weighted by Gasteiger charge is -2.18. The molecule has 29 heavy (non-hydrogen) atoms. The average Bonchev–Trinajstić information content (AvgIpc) is 3.42. The Hall–Kier alpha value is -3.13. The number of thiazole rings is 1. The van der Waals surface area contributed by atoms with Crippen LogP contribution < -0.4 is 10.2 Å². The molecule has 3 heterocycles. The minimum atomic E-state index is -0.102. The number of hydrogen-bond donors (Lipinski definition) is 1. The van der Waals surface area contributed by atoms with E-state index in [1.807, 2.05) is 21.8 Å². The van der Waals surface area contributed by atoms with Gasteiger partial charge in [-0.1, -0.05) is 0 Å². The second kappa shape index (κ2) is 8.08. The Morgan fingerprint density at radius 3 is 3.03 bits per heavy atom. The van der Waals surface area contributed by atoms with Crippen LogP contribution >= 0.6 is 11.3 Å². The van der Waals surface area contributed by atoms with Gasteiger partial charge in [-0.3, -0.25) is 9.48 Å². The third-order valence-electron chi connectivity index (χ3n) is 4.76. The first-order valence-corrected chi connectivity index (χ1v) is 10.3. The number of aryl methyl sites for hydroxylation is 1. The molecule has 0 spiro atoms. The molecule has 0 bridgehead atoms. The summed E-state index contributed by atoms with van der Waals surface area (Å²) in [7, 11) is 0. The topological polar surface area (TPSA) is 72.3 Å². The molecule has 3 aromatic rings. The fourth-order valence-corrected chi connectivity index (χ4v) is 4.23. The summed E-state index contributed by atoms with van der Waals surface area (Å²) in [6.45, 7) is 9.39. The normalized spacial score (nSPS) is 16.1. The highest BCUT2D eigenvalue weighted by Crippen LogP contribution is 2.33. The molecular weight excluding hydrogens is 386 g/mol. The molecule has 150 valence electrons. The number of carbonyl (C=O) groups is 1. The van der Waals surface area contributed by atoms with E-state index < -0.39 is 0 Å². The maximum atomic E-state index is 11.1. The van der Waals surface area contributed by atoms with Crippen molar-refractivity contribution in [2.75, 3.05) is 18.0 Å². The van der Waals surface area contributed by atoms with E-state index in [4.69, 9.17) is 9.72 Å². The molecule has 7 nitrogen and oxygen atoms in total. The van der Waals surface area contributed by atoms with E-state index in [0.29, 0.717) is 25.5 Å². The van der Waals surface area contributed by atoms with E-state index >= 15 is 0 Å². The fourth-order valence-electron chi connectivity index (χ4n) is 3.33. The number of nitrogens with zero attached hydrogens (tertiary/aromatic N) is 4. The first-order chi connectivity index (χ1) is 14.0. The van der Waals surface area contributed by atoms with Crippen molar-refractivity contribution in [2.24, 2.45) is 0 Å². The Balaban J connectivity index is 1.48. The van der Waals surface area contributed by atoms with E-state index in [9.17, 15) is 4.79 Å². The number of rotatable bonds is 6. The van der Waals surface area contributed by atoms with Crippen molar-refractivity contribution in [2.45, 2.75) is 26.5 Å². The Kier molecular flexibility index (Phi) is 5.35. The van der Waals surface area contributed by atoms with Gasteiger partial charge in [0.05, 0.1) is 25.3 Å². The molecule has 1 aliphatic heterocycles. The Labute approximate surface area is 173 Å². The van der Waals surface area contributed by atoms with Gasteiger partial charge in [0.2, 0.25) is 5.91 Å². The van der Waals surface area contributed by atoms with E-state index in [0.717, 1.165) is 27.5 Å². The zero-order valence-electron chi connectivity index (χ0n) is 16.5. The number of carbonyl (C=O) groups excluding carboxylic acids is 1. The summed E-state index contributed by atoms with van der Waals surface area (Å²) >= 11 is 1.64. The monoisotopic (exact) mass is 409 g/mol. The van der Waals surface area contributed by atoms with Crippen molar-refractivity contribution in [3.8, 4) is 10.6 Å². The van der Waals surface area contributed by atoms with Crippen molar-refractivity contribution in [3.05, 3.63) is 65.8 Å². The van der Waals surface area contributed by atoms with Crippen LogP contribution in [0.25, 0.3) is 10.6 Å². The lowest BCUT2D eigenvalue weighted by atomic mass is 10.1. The predicted octanol–water partition coefficient (Wildman–Crippen LogP) is 3.18. The van der Waals surface area contributed by atoms with E-state index in [1.54, 1.807) is 17.5 Å². The molecule has 1 N–H and O–H groups in total. The summed E-state index contributed by atoms with van der Waals surface area (Å²) in [5.74, 6) is 0.538. The maximum Gasteiger partial charge on any atom is 0.217 e. The first-order valence-electron chi connectivity index (χ1n) is 9.40. The van der Waals surface area contributed by atoms with Gasteiger partial charge in [-0.05, 0) is 43.3 Å². The summed E-state index contributed by atoms with van der Waals surface area (Å²) in [6.07, 6.45) is 3.60. The number of benzene rings is 1. The number of aromatic nitrogens is 3. The van der Waals surface area contributed by atoms with Crippen LogP contribution in [0.1, 0.15) is 18.2 Å². The highest BCUT2D eigenvalue weighted by molar-refractivity contribution is 7.13. The van der Waals surface area contributed by atoms with Crippen molar-refractivity contribution in [1.82, 2.24) is 20.1 Å². The van der Waals surface area contributed by atoms with Gasteiger partial charge in [0.1, 0.15) is 11.1 Å². The van der Waals surface area contributed by atoms with Crippen LogP contribution in [-0.4, -0.2) is 39.9 Å². The molecule has 1 aromatic carbocycles. The van der Waals surface area contributed by atoms with Crippen molar-refractivity contribution < 1.29 is 9.53 Å². The number of ether oxygens (including phenoxy) is 1. The molecule has 1 fully saturated rings. The highest BCUT2D eigenvalue weighted by atomic mass is 32.1. The summed E-state index contributed by atoms with van der Waals surface area (Å²) in [4.78, 5) is 17.9. The molecule has 0 saturated carbocycles. The van der Waals surface area contributed by atoms with Crippen LogP contribution in [-0.2, 0) is 16.1 Å². The standard InChI is InChI=1S/C21H23N5O2S/c1-14-9-18(26-12-19(28-16(26)3)10-22-15(2)27)5-6-20(14)21-24-17(13-29-21)11-25-8-4-7-23-25/h4-9,13,19H,3,10-12H2,1-2H3,(H,22,27)/t19-/m0/s1. The van der Waals surface area contributed by atoms with Gasteiger partial charge >= 0.3 is 0 Å². The number of amides is 1. The Bertz CT molecular complexity index is 1030. The molecule has 1 saturated heterocycles. The van der Waals surface area contributed by atoms with E-state index in [1.165, 1.54) is 6.92 Å². The summed E-state index contributed by atoms with van der Waals surface area (Å²) < 4.78 is 7.65. The summed E-state index contributed by atoms with van der Waals surface area (Å²) in [5, 5.41) is 10.1. The number of nitrogens with one attached hydrogen (secondary N) is 1. The van der Waals surface area contributed by atoms with Gasteiger partial charge < -0.3 is 15.0 Å². The van der Waals surface area contributed by atoms with Crippen LogP contribution in [0.15, 0.2) is 54.5 Å². The SMILES string of the molecule is C=C1O[C@@H](CNC(C)=O)CN1c1ccc(-c2nc(Cn3cccn3)cs2)c(C)c1. The largest absolute Gasteiger partial charge is 0.472 e. The Morgan fingerprint density at radius 2 is 2.31 bits per heavy atom. The molecule has 4 rings (SSSR count). The van der Waals surface area contributed by atoms with Gasteiger partial charge in [-0.15, -0.1) is 11.3 Å². The molecule has 0 unspecified atom stereocenters. The zero-order valence-corrected chi connectivity index (χ0v) is 17.3. The lowest BCUT2D eigenvalue weighted by Crippen LogP contribution is -2.33. The number of anilines is 1. The van der Waals surface area contributed by atoms with Crippen molar-refractivity contribution >= 4 is 22.9 Å². The predicted molar refractivity (Wildman–Crippen MR) is 114 cm³/mol. The van der Waals surface area contributed by atoms with Crippen LogP contribution in [0, 0.1) is 6.92 Å². The molecular formula is C21H23N5O2S. The maximum absolute atomic E-state index is 11.1. The third kappa shape index (κ3) is 4.32. The van der Waals surface area contributed by atoms with E-state index in [2.05, 4.69) is 47.5 Å². The molecule has 8 heteroatoms. The van der Waals surface area contributed by atoms with Crippen LogP contribution in [0.4, 0.5) is 5.69 Å². The molecule has 0 aliphatic carbocycles. The molecule has 1 aliphatic rings. The lowest BCUT2D eigenvalue weighted by molar-refractivity contribution is -0.119. The minimum Gasteiger partial charge on any atom is -0.472 e. The second-order valence-corrected chi connectivity index (χ2v) is 7.89. The summed E-state index contributed by atoms with van der Waals surface area (Å²) in [5.41, 5.74) is 4.28. The number of hydrogen-bond acceptors (Lipinski definition) is 6. The van der Waals surface area contributed by atoms with Gasteiger partial charge in [0.15, 0.2) is 5.88 Å². The molecule has 1 atom stereocenters. The van der Waals surface area contributed by atoms with E-state index in [-0.39, 0.29) is 12.0 Å². The first kappa shape index (κ1) is 19.2. The quantitative estimate of drug-likeness (QED) is 0.677. The van der Waals surface area contributed by atoms with Gasteiger partial charge in [-0.25, -0.2) is 4.98 Å².